The molecule has 1 atom stereocenters. The molecule has 1 aliphatic rings. The van der Waals surface area contributed by atoms with E-state index >= 15 is 0 Å². The largest absolute Gasteiger partial charge is 0.348 e. The Kier molecular flexibility index (Phi) is 6.59. The zero-order valence-corrected chi connectivity index (χ0v) is 14.3. The van der Waals surface area contributed by atoms with Crippen LogP contribution in [0.5, 0.6) is 0 Å². The summed E-state index contributed by atoms with van der Waals surface area (Å²) in [5.74, 6) is -0.0589. The Morgan fingerprint density at radius 2 is 2.23 bits per heavy atom. The van der Waals surface area contributed by atoms with E-state index in [9.17, 15) is 4.79 Å². The van der Waals surface area contributed by atoms with Crippen molar-refractivity contribution >= 4 is 41.8 Å². The first-order valence-corrected chi connectivity index (χ1v) is 6.96. The number of carbonyl (C=O) groups is 1. The van der Waals surface area contributed by atoms with Gasteiger partial charge >= 0.3 is 0 Å². The zero-order valence-electron chi connectivity index (χ0n) is 12.6. The lowest BCUT2D eigenvalue weighted by Gasteiger charge is -2.23. The molecule has 3 rings (SSSR count). The molecule has 1 amide bonds. The predicted octanol–water partition coefficient (Wildman–Crippen LogP) is 1.60. The van der Waals surface area contributed by atoms with Crippen LogP contribution < -0.4 is 10.6 Å². The molecule has 0 bridgehead atoms. The van der Waals surface area contributed by atoms with E-state index < -0.39 is 0 Å². The van der Waals surface area contributed by atoms with Crippen molar-refractivity contribution < 1.29 is 4.79 Å². The molecule has 0 radical (unpaired) electrons. The molecule has 6 nitrogen and oxygen atoms in total. The number of aromatic nitrogens is 3. The Hall–Kier alpha value is -1.37. The highest BCUT2D eigenvalue weighted by Gasteiger charge is 2.17. The van der Waals surface area contributed by atoms with E-state index in [0.717, 1.165) is 42.7 Å². The Balaban J connectivity index is 0.00000121. The highest BCUT2D eigenvalue weighted by molar-refractivity contribution is 5.97. The minimum Gasteiger partial charge on any atom is -0.348 e. The number of rotatable bonds is 2. The van der Waals surface area contributed by atoms with Gasteiger partial charge in [0.15, 0.2) is 5.65 Å². The third-order valence-electron chi connectivity index (χ3n) is 3.76. The van der Waals surface area contributed by atoms with E-state index in [0.29, 0.717) is 5.56 Å². The van der Waals surface area contributed by atoms with Crippen molar-refractivity contribution in [2.45, 2.75) is 25.8 Å². The lowest BCUT2D eigenvalue weighted by atomic mass is 10.1. The van der Waals surface area contributed by atoms with Gasteiger partial charge in [-0.05, 0) is 32.4 Å². The molecule has 0 spiro atoms. The fourth-order valence-electron chi connectivity index (χ4n) is 2.68. The van der Waals surface area contributed by atoms with E-state index in [4.69, 9.17) is 0 Å². The van der Waals surface area contributed by atoms with Crippen LogP contribution in [-0.4, -0.2) is 39.8 Å². The molecule has 22 heavy (non-hydrogen) atoms. The van der Waals surface area contributed by atoms with Gasteiger partial charge in [0.05, 0.1) is 11.3 Å². The molecule has 1 unspecified atom stereocenters. The van der Waals surface area contributed by atoms with Gasteiger partial charge in [-0.15, -0.1) is 24.8 Å². The first-order valence-electron chi connectivity index (χ1n) is 6.96. The molecule has 1 fully saturated rings. The van der Waals surface area contributed by atoms with E-state index in [1.54, 1.807) is 10.9 Å². The molecule has 1 aliphatic heterocycles. The molecule has 8 heteroatoms. The summed E-state index contributed by atoms with van der Waals surface area (Å²) in [6.07, 6.45) is 3.75. The van der Waals surface area contributed by atoms with Gasteiger partial charge in [-0.3, -0.25) is 9.48 Å². The molecule has 2 aromatic rings. The van der Waals surface area contributed by atoms with Crippen molar-refractivity contribution in [1.82, 2.24) is 25.4 Å². The number of amides is 1. The maximum Gasteiger partial charge on any atom is 0.253 e. The summed E-state index contributed by atoms with van der Waals surface area (Å²) in [4.78, 5) is 16.6. The second-order valence-corrected chi connectivity index (χ2v) is 5.32. The van der Waals surface area contributed by atoms with Crippen LogP contribution in [0.1, 0.15) is 28.9 Å². The third-order valence-corrected chi connectivity index (χ3v) is 3.76. The summed E-state index contributed by atoms with van der Waals surface area (Å²) in [7, 11) is 1.86. The summed E-state index contributed by atoms with van der Waals surface area (Å²) >= 11 is 0. The number of halogens is 2. The molecule has 0 saturated carbocycles. The van der Waals surface area contributed by atoms with E-state index in [-0.39, 0.29) is 36.8 Å². The fraction of sp³-hybridized carbons (Fsp3) is 0.500. The van der Waals surface area contributed by atoms with Crippen LogP contribution in [0, 0.1) is 6.92 Å². The van der Waals surface area contributed by atoms with Crippen molar-refractivity contribution in [1.29, 1.82) is 0 Å². The van der Waals surface area contributed by atoms with Gasteiger partial charge < -0.3 is 10.6 Å². The predicted molar refractivity (Wildman–Crippen MR) is 91.1 cm³/mol. The average Bonchev–Trinajstić information content (AvgIpc) is 2.75. The van der Waals surface area contributed by atoms with Crippen LogP contribution in [0.25, 0.3) is 11.0 Å². The van der Waals surface area contributed by atoms with Crippen LogP contribution in [0.3, 0.4) is 0 Å². The fourth-order valence-corrected chi connectivity index (χ4v) is 2.68. The molecule has 122 valence electrons. The van der Waals surface area contributed by atoms with Gasteiger partial charge in [0.1, 0.15) is 0 Å². The monoisotopic (exact) mass is 345 g/mol. The number of nitrogens with zero attached hydrogens (tertiary/aromatic N) is 3. The lowest BCUT2D eigenvalue weighted by molar-refractivity contribution is 0.0930. The average molecular weight is 346 g/mol. The summed E-state index contributed by atoms with van der Waals surface area (Å²) in [6, 6.07) is 2.08. The Bertz CT molecular complexity index is 652. The molecule has 2 N–H and O–H groups in total. The normalized spacial score (nSPS) is 17.5. The van der Waals surface area contributed by atoms with Crippen molar-refractivity contribution in [2.24, 2.45) is 7.05 Å². The molecule has 0 aliphatic carbocycles. The second kappa shape index (κ2) is 7.76. The number of piperidine rings is 1. The van der Waals surface area contributed by atoms with Gasteiger partial charge in [-0.1, -0.05) is 0 Å². The lowest BCUT2D eigenvalue weighted by Crippen LogP contribution is -2.45. The third kappa shape index (κ3) is 3.69. The second-order valence-electron chi connectivity index (χ2n) is 5.32. The van der Waals surface area contributed by atoms with Crippen LogP contribution in [0.2, 0.25) is 0 Å². The molecule has 0 aromatic carbocycles. The summed E-state index contributed by atoms with van der Waals surface area (Å²) in [5.41, 5.74) is 2.29. The van der Waals surface area contributed by atoms with Crippen molar-refractivity contribution in [3.05, 3.63) is 23.5 Å². The highest BCUT2D eigenvalue weighted by atomic mass is 35.5. The minimum absolute atomic E-state index is 0. The summed E-state index contributed by atoms with van der Waals surface area (Å²) < 4.78 is 1.73. The van der Waals surface area contributed by atoms with Gasteiger partial charge in [0.25, 0.3) is 5.91 Å². The summed E-state index contributed by atoms with van der Waals surface area (Å²) in [5, 5.41) is 11.6. The number of hydrogen-bond donors (Lipinski definition) is 2. The van der Waals surface area contributed by atoms with E-state index in [1.165, 1.54) is 0 Å². The Morgan fingerprint density at radius 3 is 2.91 bits per heavy atom. The first-order chi connectivity index (χ1) is 9.65. The van der Waals surface area contributed by atoms with Crippen LogP contribution in [0.15, 0.2) is 12.3 Å². The highest BCUT2D eigenvalue weighted by Crippen LogP contribution is 2.16. The Labute approximate surface area is 141 Å². The van der Waals surface area contributed by atoms with Gasteiger partial charge in [-0.25, -0.2) is 4.98 Å². The number of carbonyl (C=O) groups excluding carboxylic acids is 1. The zero-order chi connectivity index (χ0) is 14.1. The SMILES string of the molecule is Cc1nn(C)c2ncc(C(=O)NC3CCCNC3)cc12.Cl.Cl. The number of pyridine rings is 1. The minimum atomic E-state index is -0.0589. The molecular formula is C14H21Cl2N5O. The molecule has 3 heterocycles. The number of nitrogens with one attached hydrogen (secondary N) is 2. The smallest absolute Gasteiger partial charge is 0.253 e. The standard InChI is InChI=1S/C14H19N5O.2ClH/c1-9-12-6-10(7-16-13(12)19(2)18-9)14(20)17-11-4-3-5-15-8-11;;/h6-7,11,15H,3-5,8H2,1-2H3,(H,17,20);2*1H. The number of fused-ring (bicyclic) bond motifs is 1. The number of hydrogen-bond acceptors (Lipinski definition) is 4. The maximum atomic E-state index is 12.3. The van der Waals surface area contributed by atoms with Crippen LogP contribution in [0.4, 0.5) is 0 Å². The van der Waals surface area contributed by atoms with Crippen LogP contribution >= 0.6 is 24.8 Å². The van der Waals surface area contributed by atoms with Crippen molar-refractivity contribution in [3.8, 4) is 0 Å². The number of aryl methyl sites for hydroxylation is 2. The molecule has 1 saturated heterocycles. The van der Waals surface area contributed by atoms with E-state index in [1.807, 2.05) is 20.0 Å². The van der Waals surface area contributed by atoms with Crippen LogP contribution in [-0.2, 0) is 7.05 Å². The maximum absolute atomic E-state index is 12.3. The molecule has 2 aromatic heterocycles. The van der Waals surface area contributed by atoms with Crippen molar-refractivity contribution in [3.63, 3.8) is 0 Å². The van der Waals surface area contributed by atoms with E-state index in [2.05, 4.69) is 20.7 Å². The topological polar surface area (TPSA) is 71.8 Å². The molecular weight excluding hydrogens is 325 g/mol. The van der Waals surface area contributed by atoms with Gasteiger partial charge in [0, 0.05) is 31.2 Å². The van der Waals surface area contributed by atoms with Crippen molar-refractivity contribution in [2.75, 3.05) is 13.1 Å². The van der Waals surface area contributed by atoms with Gasteiger partial charge in [-0.2, -0.15) is 5.10 Å². The summed E-state index contributed by atoms with van der Waals surface area (Å²) in [6.45, 7) is 3.80. The quantitative estimate of drug-likeness (QED) is 0.867. The Morgan fingerprint density at radius 1 is 1.45 bits per heavy atom. The first kappa shape index (κ1) is 18.7. The van der Waals surface area contributed by atoms with Gasteiger partial charge in [0.2, 0.25) is 0 Å².